The molecule has 0 spiro atoms. The third-order valence-corrected chi connectivity index (χ3v) is 9.51. The maximum Gasteiger partial charge on any atom is 0.0361 e. The highest BCUT2D eigenvalue weighted by atomic mass is 32.1. The van der Waals surface area contributed by atoms with Gasteiger partial charge < -0.3 is 0 Å². The summed E-state index contributed by atoms with van der Waals surface area (Å²) >= 11 is 1.87. The summed E-state index contributed by atoms with van der Waals surface area (Å²) in [6.07, 6.45) is 14.5. The van der Waals surface area contributed by atoms with E-state index in [-0.39, 0.29) is 0 Å². The van der Waals surface area contributed by atoms with Gasteiger partial charge in [-0.3, -0.25) is 4.98 Å². The second-order valence-electron chi connectivity index (χ2n) is 10.8. The van der Waals surface area contributed by atoms with E-state index in [0.717, 1.165) is 18.2 Å². The molecule has 194 valence electrons. The third kappa shape index (κ3) is 4.11. The molecule has 0 N–H and O–H groups in total. The van der Waals surface area contributed by atoms with Gasteiger partial charge in [-0.05, 0) is 104 Å². The van der Waals surface area contributed by atoms with Crippen molar-refractivity contribution in [2.45, 2.75) is 12.8 Å². The van der Waals surface area contributed by atoms with Gasteiger partial charge in [-0.25, -0.2) is 0 Å². The first-order valence-corrected chi connectivity index (χ1v) is 14.9. The van der Waals surface area contributed by atoms with Crippen LogP contribution in [0.2, 0.25) is 0 Å². The van der Waals surface area contributed by atoms with E-state index in [1.807, 2.05) is 29.8 Å². The number of hydrogen-bond acceptors (Lipinski definition) is 2. The zero-order chi connectivity index (χ0) is 27.3. The summed E-state index contributed by atoms with van der Waals surface area (Å²) in [4.78, 5) is 4.29. The van der Waals surface area contributed by atoms with Gasteiger partial charge in [-0.1, -0.05) is 78.9 Å². The lowest BCUT2D eigenvalue weighted by Gasteiger charge is -2.11. The average Bonchev–Trinajstić information content (AvgIpc) is 3.27. The molecule has 0 bridgehead atoms. The van der Waals surface area contributed by atoms with Crippen molar-refractivity contribution >= 4 is 59.1 Å². The van der Waals surface area contributed by atoms with Crippen LogP contribution in [0.1, 0.15) is 17.5 Å². The van der Waals surface area contributed by atoms with E-state index < -0.39 is 0 Å². The van der Waals surface area contributed by atoms with Crippen molar-refractivity contribution in [3.8, 4) is 22.3 Å². The predicted molar refractivity (Wildman–Crippen MR) is 179 cm³/mol. The highest BCUT2D eigenvalue weighted by Gasteiger charge is 2.14. The molecule has 41 heavy (non-hydrogen) atoms. The standard InChI is InChI=1S/C39H27NS/c1-2-4-25-7-9-26-10-11-27-12-13-28(22-35(27)33(26)17-8-25)29-16-18-37-36(23-29)39-34(5-3-6-38(39)41-37)31-14-15-32-24-40-20-19-30(32)21-31/h2-3,5-16,18-24H,1,4,17H2. The van der Waals surface area contributed by atoms with Gasteiger partial charge in [0.1, 0.15) is 0 Å². The highest BCUT2D eigenvalue weighted by Crippen LogP contribution is 2.42. The fourth-order valence-corrected chi connectivity index (χ4v) is 7.39. The summed E-state index contributed by atoms with van der Waals surface area (Å²) in [5.41, 5.74) is 9.06. The van der Waals surface area contributed by atoms with Crippen LogP contribution in [0.15, 0.2) is 134 Å². The maximum absolute atomic E-state index is 4.29. The lowest BCUT2D eigenvalue weighted by molar-refractivity contribution is 1.22. The molecule has 7 aromatic rings. The Morgan fingerprint density at radius 3 is 2.49 bits per heavy atom. The Kier molecular flexibility index (Phi) is 5.68. The molecular formula is C39H27NS. The van der Waals surface area contributed by atoms with Crippen molar-refractivity contribution in [3.63, 3.8) is 0 Å². The van der Waals surface area contributed by atoms with Crippen molar-refractivity contribution in [2.24, 2.45) is 0 Å². The van der Waals surface area contributed by atoms with Gasteiger partial charge in [-0.15, -0.1) is 17.9 Å². The van der Waals surface area contributed by atoms with E-state index in [1.165, 1.54) is 75.3 Å². The number of allylic oxidation sites excluding steroid dienone is 4. The largest absolute Gasteiger partial charge is 0.264 e. The van der Waals surface area contributed by atoms with Crippen LogP contribution >= 0.6 is 11.3 Å². The Morgan fingerprint density at radius 1 is 0.732 bits per heavy atom. The molecule has 1 aliphatic carbocycles. The van der Waals surface area contributed by atoms with Crippen LogP contribution in [0, 0.1) is 0 Å². The van der Waals surface area contributed by atoms with E-state index in [9.17, 15) is 0 Å². The van der Waals surface area contributed by atoms with Crippen LogP contribution in [0.4, 0.5) is 0 Å². The fraction of sp³-hybridized carbons (Fsp3) is 0.0513. The molecule has 0 amide bonds. The van der Waals surface area contributed by atoms with Crippen molar-refractivity contribution in [3.05, 3.63) is 145 Å². The Hall–Kier alpha value is -4.79. The van der Waals surface area contributed by atoms with Crippen LogP contribution in [0.25, 0.3) is 70.0 Å². The molecule has 2 heterocycles. The average molecular weight is 542 g/mol. The number of fused-ring (bicyclic) bond motifs is 7. The fourth-order valence-electron chi connectivity index (χ4n) is 6.28. The molecule has 1 nitrogen and oxygen atoms in total. The zero-order valence-electron chi connectivity index (χ0n) is 22.6. The second-order valence-corrected chi connectivity index (χ2v) is 11.9. The van der Waals surface area contributed by atoms with E-state index in [1.54, 1.807) is 0 Å². The first-order valence-electron chi connectivity index (χ1n) is 14.1. The number of rotatable bonds is 4. The summed E-state index contributed by atoms with van der Waals surface area (Å²) in [7, 11) is 0. The van der Waals surface area contributed by atoms with Crippen LogP contribution in [0.3, 0.4) is 0 Å². The van der Waals surface area contributed by atoms with E-state index >= 15 is 0 Å². The van der Waals surface area contributed by atoms with Crippen molar-refractivity contribution in [1.82, 2.24) is 4.98 Å². The number of aromatic nitrogens is 1. The Morgan fingerprint density at radius 2 is 1.56 bits per heavy atom. The first kappa shape index (κ1) is 24.0. The molecule has 0 radical (unpaired) electrons. The number of hydrogen-bond donors (Lipinski definition) is 0. The lowest BCUT2D eigenvalue weighted by atomic mass is 9.93. The molecule has 0 saturated heterocycles. The second kappa shape index (κ2) is 9.69. The van der Waals surface area contributed by atoms with Crippen LogP contribution in [-0.2, 0) is 6.42 Å². The topological polar surface area (TPSA) is 12.9 Å². The van der Waals surface area contributed by atoms with E-state index in [0.29, 0.717) is 0 Å². The number of nitrogens with zero attached hydrogens (tertiary/aromatic N) is 1. The summed E-state index contributed by atoms with van der Waals surface area (Å²) < 4.78 is 2.64. The lowest BCUT2D eigenvalue weighted by Crippen LogP contribution is -1.90. The number of pyridine rings is 1. The molecule has 2 aromatic heterocycles. The van der Waals surface area contributed by atoms with Crippen LogP contribution < -0.4 is 0 Å². The van der Waals surface area contributed by atoms with Gasteiger partial charge in [0.25, 0.3) is 0 Å². The first-order chi connectivity index (χ1) is 20.2. The number of benzene rings is 5. The van der Waals surface area contributed by atoms with Gasteiger partial charge in [-0.2, -0.15) is 0 Å². The predicted octanol–water partition coefficient (Wildman–Crippen LogP) is 11.2. The summed E-state index contributed by atoms with van der Waals surface area (Å²) in [5, 5.41) is 7.66. The minimum atomic E-state index is 0.903. The molecule has 0 unspecified atom stereocenters. The Labute approximate surface area is 243 Å². The molecule has 0 saturated carbocycles. The highest BCUT2D eigenvalue weighted by molar-refractivity contribution is 7.26. The van der Waals surface area contributed by atoms with Crippen molar-refractivity contribution in [1.29, 1.82) is 0 Å². The summed E-state index contributed by atoms with van der Waals surface area (Å²) in [6.45, 7) is 3.92. The van der Waals surface area contributed by atoms with Crippen LogP contribution in [-0.4, -0.2) is 4.98 Å². The molecule has 2 heteroatoms. The minimum absolute atomic E-state index is 0.903. The number of thiophene rings is 1. The summed E-state index contributed by atoms with van der Waals surface area (Å²) in [5.74, 6) is 0. The van der Waals surface area contributed by atoms with Gasteiger partial charge in [0, 0.05) is 38.0 Å². The molecule has 0 atom stereocenters. The SMILES string of the molecule is C=CCC1=CCc2c(ccc3ccc(-c4ccc5sc6cccc(-c7ccc8cnccc8c7)c6c5c4)cc23)C=C1. The van der Waals surface area contributed by atoms with Crippen molar-refractivity contribution < 1.29 is 0 Å². The third-order valence-electron chi connectivity index (χ3n) is 8.37. The quantitative estimate of drug-likeness (QED) is 0.202. The monoisotopic (exact) mass is 541 g/mol. The molecule has 0 fully saturated rings. The molecule has 5 aromatic carbocycles. The van der Waals surface area contributed by atoms with E-state index in [4.69, 9.17) is 0 Å². The maximum atomic E-state index is 4.29. The molecule has 0 aliphatic heterocycles. The van der Waals surface area contributed by atoms with Gasteiger partial charge in [0.05, 0.1) is 0 Å². The van der Waals surface area contributed by atoms with Gasteiger partial charge in [0.2, 0.25) is 0 Å². The smallest absolute Gasteiger partial charge is 0.0361 e. The summed E-state index contributed by atoms with van der Waals surface area (Å²) in [6, 6.07) is 33.9. The minimum Gasteiger partial charge on any atom is -0.264 e. The van der Waals surface area contributed by atoms with Gasteiger partial charge >= 0.3 is 0 Å². The van der Waals surface area contributed by atoms with Crippen LogP contribution in [0.5, 0.6) is 0 Å². The van der Waals surface area contributed by atoms with E-state index in [2.05, 4.69) is 121 Å². The Balaban J connectivity index is 1.28. The molecule has 8 rings (SSSR count). The normalized spacial score (nSPS) is 13.0. The molecular weight excluding hydrogens is 515 g/mol. The van der Waals surface area contributed by atoms with Crippen molar-refractivity contribution in [2.75, 3.05) is 0 Å². The zero-order valence-corrected chi connectivity index (χ0v) is 23.4. The molecule has 1 aliphatic rings. The van der Waals surface area contributed by atoms with Gasteiger partial charge in [0.15, 0.2) is 0 Å². The Bertz CT molecular complexity index is 2230.